The molecule has 1 aliphatic heterocycles. The topological polar surface area (TPSA) is 38.8 Å². The molecule has 2 aromatic rings. The quantitative estimate of drug-likeness (QED) is 0.561. The van der Waals surface area contributed by atoms with E-state index in [1.54, 1.807) is 19.1 Å². The Bertz CT molecular complexity index is 834. The Labute approximate surface area is 156 Å². The minimum absolute atomic E-state index is 0.0550. The van der Waals surface area contributed by atoms with Crippen molar-refractivity contribution in [3.05, 3.63) is 64.6 Å². The zero-order chi connectivity index (χ0) is 17.8. The third-order valence-electron chi connectivity index (χ3n) is 3.76. The second kappa shape index (κ2) is 7.72. The molecule has 1 fully saturated rings. The summed E-state index contributed by atoms with van der Waals surface area (Å²) in [4.78, 5) is 15.3. The van der Waals surface area contributed by atoms with Crippen LogP contribution >= 0.6 is 24.0 Å². The lowest BCUT2D eigenvalue weighted by molar-refractivity contribution is 0.244. The number of carbonyl (C=O) groups is 1. The van der Waals surface area contributed by atoms with Gasteiger partial charge in [-0.2, -0.15) is 0 Å². The summed E-state index contributed by atoms with van der Waals surface area (Å²) in [6.07, 6.45) is 1.90. The molecule has 0 N–H and O–H groups in total. The molecular formula is C19H17NO3S2. The Balaban J connectivity index is 1.83. The van der Waals surface area contributed by atoms with Gasteiger partial charge in [0.2, 0.25) is 0 Å². The Morgan fingerprint density at radius 1 is 1.08 bits per heavy atom. The van der Waals surface area contributed by atoms with Crippen LogP contribution in [-0.4, -0.2) is 29.3 Å². The highest BCUT2D eigenvalue weighted by molar-refractivity contribution is 8.19. The summed E-state index contributed by atoms with van der Waals surface area (Å²) < 4.78 is 10.6. The third kappa shape index (κ3) is 3.86. The standard InChI is InChI=1S/C19H17NO3S2/c1-22-15-9-8-14(10-16(15)23-2)11-17-18(24)20(19(21)25-17)12-13-6-4-3-5-7-13/h3-11H,12H2,1-2H3. The van der Waals surface area contributed by atoms with Crippen LogP contribution in [-0.2, 0) is 6.54 Å². The molecule has 1 heterocycles. The fourth-order valence-corrected chi connectivity index (χ4v) is 3.73. The van der Waals surface area contributed by atoms with E-state index in [9.17, 15) is 4.79 Å². The predicted octanol–water partition coefficient (Wildman–Crippen LogP) is 4.74. The Kier molecular flexibility index (Phi) is 5.40. The van der Waals surface area contributed by atoms with Crippen LogP contribution in [0.3, 0.4) is 0 Å². The van der Waals surface area contributed by atoms with Gasteiger partial charge in [0.1, 0.15) is 4.99 Å². The Hall–Kier alpha value is -2.31. The molecule has 0 unspecified atom stereocenters. The molecule has 0 aromatic heterocycles. The van der Waals surface area contributed by atoms with Gasteiger partial charge in [-0.15, -0.1) is 0 Å². The van der Waals surface area contributed by atoms with Crippen LogP contribution in [0.25, 0.3) is 6.08 Å². The maximum Gasteiger partial charge on any atom is 0.291 e. The summed E-state index contributed by atoms with van der Waals surface area (Å²) in [5.41, 5.74) is 1.95. The van der Waals surface area contributed by atoms with Crippen LogP contribution in [0.1, 0.15) is 11.1 Å². The van der Waals surface area contributed by atoms with Crippen molar-refractivity contribution in [1.29, 1.82) is 0 Å². The largest absolute Gasteiger partial charge is 0.493 e. The van der Waals surface area contributed by atoms with Crippen LogP contribution in [0.4, 0.5) is 4.79 Å². The highest BCUT2D eigenvalue weighted by Gasteiger charge is 2.31. The van der Waals surface area contributed by atoms with E-state index in [2.05, 4.69) is 0 Å². The number of carbonyl (C=O) groups excluding carboxylic acids is 1. The first-order valence-electron chi connectivity index (χ1n) is 7.63. The number of thioether (sulfide) groups is 1. The van der Waals surface area contributed by atoms with Crippen LogP contribution in [0.5, 0.6) is 11.5 Å². The van der Waals surface area contributed by atoms with E-state index in [-0.39, 0.29) is 5.24 Å². The van der Waals surface area contributed by atoms with E-state index in [0.717, 1.165) is 27.8 Å². The minimum Gasteiger partial charge on any atom is -0.493 e. The molecule has 0 atom stereocenters. The molecule has 4 nitrogen and oxygen atoms in total. The van der Waals surface area contributed by atoms with Crippen molar-refractivity contribution in [3.63, 3.8) is 0 Å². The molecule has 128 valence electrons. The highest BCUT2D eigenvalue weighted by Crippen LogP contribution is 2.35. The van der Waals surface area contributed by atoms with Gasteiger partial charge in [0.25, 0.3) is 5.24 Å². The summed E-state index contributed by atoms with van der Waals surface area (Å²) in [5.74, 6) is 1.30. The average Bonchev–Trinajstić information content (AvgIpc) is 2.90. The second-order valence-electron chi connectivity index (χ2n) is 5.37. The van der Waals surface area contributed by atoms with Crippen LogP contribution in [0, 0.1) is 0 Å². The van der Waals surface area contributed by atoms with Crippen molar-refractivity contribution < 1.29 is 14.3 Å². The van der Waals surface area contributed by atoms with Gasteiger partial charge in [0.05, 0.1) is 25.7 Å². The van der Waals surface area contributed by atoms with Crippen molar-refractivity contribution in [3.8, 4) is 11.5 Å². The van der Waals surface area contributed by atoms with Gasteiger partial charge in [0, 0.05) is 0 Å². The van der Waals surface area contributed by atoms with Crippen LogP contribution < -0.4 is 9.47 Å². The lowest BCUT2D eigenvalue weighted by atomic mass is 10.2. The van der Waals surface area contributed by atoms with E-state index in [1.807, 2.05) is 54.6 Å². The molecule has 1 saturated heterocycles. The normalized spacial score (nSPS) is 15.8. The molecule has 3 rings (SSSR count). The molecule has 1 amide bonds. The minimum atomic E-state index is -0.0550. The third-order valence-corrected chi connectivity index (χ3v) is 5.26. The van der Waals surface area contributed by atoms with Gasteiger partial charge in [-0.05, 0) is 41.1 Å². The fraction of sp³-hybridized carbons (Fsp3) is 0.158. The van der Waals surface area contributed by atoms with Crippen molar-refractivity contribution in [2.24, 2.45) is 0 Å². The number of hydrogen-bond donors (Lipinski definition) is 0. The zero-order valence-corrected chi connectivity index (χ0v) is 15.5. The number of thiocarbonyl (C=S) groups is 1. The van der Waals surface area contributed by atoms with Crippen molar-refractivity contribution in [2.75, 3.05) is 14.2 Å². The van der Waals surface area contributed by atoms with Crippen molar-refractivity contribution in [2.45, 2.75) is 6.54 Å². The Morgan fingerprint density at radius 3 is 2.48 bits per heavy atom. The first-order chi connectivity index (χ1) is 12.1. The van der Waals surface area contributed by atoms with Gasteiger partial charge in [-0.25, -0.2) is 0 Å². The molecule has 0 radical (unpaired) electrons. The van der Waals surface area contributed by atoms with Crippen LogP contribution in [0.2, 0.25) is 0 Å². The van der Waals surface area contributed by atoms with Crippen molar-refractivity contribution >= 4 is 40.3 Å². The van der Waals surface area contributed by atoms with Gasteiger partial charge in [-0.1, -0.05) is 48.6 Å². The highest BCUT2D eigenvalue weighted by atomic mass is 32.2. The van der Waals surface area contributed by atoms with Gasteiger partial charge in [0.15, 0.2) is 11.5 Å². The van der Waals surface area contributed by atoms with Gasteiger partial charge >= 0.3 is 0 Å². The SMILES string of the molecule is COc1ccc(C=C2SC(=O)N(Cc3ccccc3)C2=S)cc1OC. The van der Waals surface area contributed by atoms with Gasteiger partial charge in [-0.3, -0.25) is 9.69 Å². The number of methoxy groups -OCH3 is 2. The molecule has 0 spiro atoms. The Morgan fingerprint density at radius 2 is 1.80 bits per heavy atom. The molecule has 0 saturated carbocycles. The second-order valence-corrected chi connectivity index (χ2v) is 6.75. The molecule has 25 heavy (non-hydrogen) atoms. The van der Waals surface area contributed by atoms with E-state index in [4.69, 9.17) is 21.7 Å². The predicted molar refractivity (Wildman–Crippen MR) is 105 cm³/mol. The van der Waals surface area contributed by atoms with E-state index in [1.165, 1.54) is 0 Å². The summed E-state index contributed by atoms with van der Waals surface area (Å²) in [6, 6.07) is 15.4. The molecule has 0 aliphatic carbocycles. The average molecular weight is 371 g/mol. The number of ether oxygens (including phenoxy) is 2. The molecule has 6 heteroatoms. The van der Waals surface area contributed by atoms with Gasteiger partial charge < -0.3 is 9.47 Å². The van der Waals surface area contributed by atoms with E-state index in [0.29, 0.717) is 23.0 Å². The smallest absolute Gasteiger partial charge is 0.291 e. The summed E-state index contributed by atoms with van der Waals surface area (Å²) in [7, 11) is 3.19. The first kappa shape index (κ1) is 17.5. The van der Waals surface area contributed by atoms with E-state index < -0.39 is 0 Å². The molecule has 0 bridgehead atoms. The van der Waals surface area contributed by atoms with Crippen molar-refractivity contribution in [1.82, 2.24) is 4.90 Å². The first-order valence-corrected chi connectivity index (χ1v) is 8.86. The summed E-state index contributed by atoms with van der Waals surface area (Å²) in [6.45, 7) is 0.481. The van der Waals surface area contributed by atoms with E-state index >= 15 is 0 Å². The monoisotopic (exact) mass is 371 g/mol. The number of amides is 1. The lowest BCUT2D eigenvalue weighted by Gasteiger charge is -2.14. The fourth-order valence-electron chi connectivity index (χ4n) is 2.50. The molecular weight excluding hydrogens is 354 g/mol. The number of hydrogen-bond acceptors (Lipinski definition) is 5. The number of benzene rings is 2. The number of nitrogens with zero attached hydrogens (tertiary/aromatic N) is 1. The maximum absolute atomic E-state index is 12.3. The molecule has 1 aliphatic rings. The number of rotatable bonds is 5. The lowest BCUT2D eigenvalue weighted by Crippen LogP contribution is -2.26. The van der Waals surface area contributed by atoms with Crippen LogP contribution in [0.15, 0.2) is 53.4 Å². The summed E-state index contributed by atoms with van der Waals surface area (Å²) in [5, 5.41) is -0.0550. The molecule has 2 aromatic carbocycles. The summed E-state index contributed by atoms with van der Waals surface area (Å²) >= 11 is 6.66. The maximum atomic E-state index is 12.3. The zero-order valence-electron chi connectivity index (χ0n) is 13.9.